The lowest BCUT2D eigenvalue weighted by Crippen LogP contribution is -2.45. The predicted octanol–water partition coefficient (Wildman–Crippen LogP) is 5.47. The molecule has 3 rings (SSSR count). The van der Waals surface area contributed by atoms with Crippen LogP contribution in [0.15, 0.2) is 0 Å². The zero-order valence-corrected chi connectivity index (χ0v) is 16.3. The van der Waals surface area contributed by atoms with Gasteiger partial charge in [-0.25, -0.2) is 0 Å². The second kappa shape index (κ2) is 9.75. The minimum absolute atomic E-state index is 0.00511. The number of carbonyl (C=O) groups is 2. The maximum Gasteiger partial charge on any atom is 0.323 e. The average Bonchev–Trinajstić information content (AvgIpc) is 3.07. The Balaban J connectivity index is 1.65. The molecule has 0 bridgehead atoms. The highest BCUT2D eigenvalue weighted by molar-refractivity contribution is 6.00. The largest absolute Gasteiger partial charge is 0.462 e. The van der Waals surface area contributed by atoms with Crippen molar-refractivity contribution in [3.8, 4) is 0 Å². The van der Waals surface area contributed by atoms with Gasteiger partial charge >= 0.3 is 11.9 Å². The van der Waals surface area contributed by atoms with E-state index in [-0.39, 0.29) is 24.1 Å². The highest BCUT2D eigenvalue weighted by Gasteiger charge is 2.50. The van der Waals surface area contributed by atoms with E-state index in [1.807, 2.05) is 0 Å². The van der Waals surface area contributed by atoms with Crippen molar-refractivity contribution in [1.82, 2.24) is 0 Å². The number of hydrogen-bond acceptors (Lipinski definition) is 4. The van der Waals surface area contributed by atoms with Gasteiger partial charge in [0.15, 0.2) is 5.41 Å². The summed E-state index contributed by atoms with van der Waals surface area (Å²) in [5.41, 5.74) is -1.03. The minimum Gasteiger partial charge on any atom is -0.462 e. The Morgan fingerprint density at radius 3 is 1.27 bits per heavy atom. The first-order chi connectivity index (χ1) is 12.7. The normalized spacial score (nSPS) is 25.7. The van der Waals surface area contributed by atoms with Crippen molar-refractivity contribution >= 4 is 11.9 Å². The lowest BCUT2D eigenvalue weighted by Gasteiger charge is -2.35. The van der Waals surface area contributed by atoms with Crippen molar-refractivity contribution in [2.45, 2.75) is 121 Å². The molecule has 0 aromatic heterocycles. The molecule has 148 valence electrons. The molecule has 0 saturated heterocycles. The molecule has 0 aliphatic heterocycles. The van der Waals surface area contributed by atoms with Crippen LogP contribution in [-0.2, 0) is 19.1 Å². The number of carbonyl (C=O) groups excluding carboxylic acids is 2. The summed E-state index contributed by atoms with van der Waals surface area (Å²) in [6.07, 6.45) is 17.3. The second-order valence-electron chi connectivity index (χ2n) is 8.68. The molecule has 3 saturated carbocycles. The van der Waals surface area contributed by atoms with E-state index in [4.69, 9.17) is 9.47 Å². The summed E-state index contributed by atoms with van der Waals surface area (Å²) in [4.78, 5) is 26.3. The van der Waals surface area contributed by atoms with E-state index < -0.39 is 5.41 Å². The first-order valence-corrected chi connectivity index (χ1v) is 11.1. The van der Waals surface area contributed by atoms with Crippen molar-refractivity contribution in [2.75, 3.05) is 0 Å². The Morgan fingerprint density at radius 2 is 0.885 bits per heavy atom. The second-order valence-corrected chi connectivity index (χ2v) is 8.68. The zero-order valence-electron chi connectivity index (χ0n) is 16.3. The van der Waals surface area contributed by atoms with Gasteiger partial charge in [-0.2, -0.15) is 0 Å². The molecule has 0 aromatic rings. The number of rotatable bonds is 4. The van der Waals surface area contributed by atoms with E-state index >= 15 is 0 Å². The molecule has 0 aromatic carbocycles. The first-order valence-electron chi connectivity index (χ1n) is 11.1. The maximum atomic E-state index is 13.1. The SMILES string of the molecule is O=C(OC1CCCCCC1)C1(C(=O)OC2CCCCCC2)CCCCC1. The van der Waals surface area contributed by atoms with Gasteiger partial charge in [-0.15, -0.1) is 0 Å². The van der Waals surface area contributed by atoms with Crippen LogP contribution in [0.2, 0.25) is 0 Å². The van der Waals surface area contributed by atoms with E-state index in [1.54, 1.807) is 0 Å². The molecule has 4 nitrogen and oxygen atoms in total. The van der Waals surface area contributed by atoms with Crippen molar-refractivity contribution in [2.24, 2.45) is 5.41 Å². The molecule has 3 aliphatic carbocycles. The molecule has 0 unspecified atom stereocenters. The summed E-state index contributed by atoms with van der Waals surface area (Å²) in [5.74, 6) is -0.578. The summed E-state index contributed by atoms with van der Waals surface area (Å²) < 4.78 is 11.8. The van der Waals surface area contributed by atoms with E-state index in [2.05, 4.69) is 0 Å². The van der Waals surface area contributed by atoms with Gasteiger partial charge in [0, 0.05) is 0 Å². The van der Waals surface area contributed by atoms with Gasteiger partial charge in [-0.05, 0) is 64.2 Å². The van der Waals surface area contributed by atoms with Crippen LogP contribution in [0.25, 0.3) is 0 Å². The molecule has 0 heterocycles. The Morgan fingerprint density at radius 1 is 0.538 bits per heavy atom. The lowest BCUT2D eigenvalue weighted by atomic mass is 9.74. The van der Waals surface area contributed by atoms with Crippen molar-refractivity contribution in [3.05, 3.63) is 0 Å². The highest BCUT2D eigenvalue weighted by atomic mass is 16.6. The van der Waals surface area contributed by atoms with Crippen LogP contribution in [-0.4, -0.2) is 24.1 Å². The molecule has 0 spiro atoms. The van der Waals surface area contributed by atoms with Crippen LogP contribution >= 0.6 is 0 Å². The van der Waals surface area contributed by atoms with E-state index in [0.29, 0.717) is 12.8 Å². The minimum atomic E-state index is -1.03. The van der Waals surface area contributed by atoms with Crippen LogP contribution in [0.5, 0.6) is 0 Å². The molecule has 4 heteroatoms. The van der Waals surface area contributed by atoms with E-state index in [9.17, 15) is 9.59 Å². The number of ether oxygens (including phenoxy) is 2. The standard InChI is InChI=1S/C22H36O4/c23-20(25-18-12-6-1-2-7-13-18)22(16-10-5-11-17-22)21(24)26-19-14-8-3-4-9-15-19/h18-19H,1-17H2. The predicted molar refractivity (Wildman–Crippen MR) is 101 cm³/mol. The molecule has 0 amide bonds. The van der Waals surface area contributed by atoms with E-state index in [1.165, 1.54) is 25.7 Å². The Labute approximate surface area is 158 Å². The smallest absolute Gasteiger partial charge is 0.323 e. The van der Waals surface area contributed by atoms with Crippen molar-refractivity contribution in [1.29, 1.82) is 0 Å². The third-order valence-electron chi connectivity index (χ3n) is 6.64. The topological polar surface area (TPSA) is 52.6 Å². The quantitative estimate of drug-likeness (QED) is 0.377. The molecule has 0 radical (unpaired) electrons. The first kappa shape index (κ1) is 19.7. The molecule has 3 aliphatic rings. The Kier molecular flexibility index (Phi) is 7.39. The van der Waals surface area contributed by atoms with Gasteiger partial charge in [0.1, 0.15) is 12.2 Å². The third kappa shape index (κ3) is 5.01. The fourth-order valence-corrected chi connectivity index (χ4v) is 4.89. The van der Waals surface area contributed by atoms with Gasteiger partial charge in [-0.3, -0.25) is 9.59 Å². The van der Waals surface area contributed by atoms with Crippen LogP contribution in [0.4, 0.5) is 0 Å². The van der Waals surface area contributed by atoms with Crippen LogP contribution in [0.3, 0.4) is 0 Å². The highest BCUT2D eigenvalue weighted by Crippen LogP contribution is 2.40. The molecule has 26 heavy (non-hydrogen) atoms. The summed E-state index contributed by atoms with van der Waals surface area (Å²) in [6, 6.07) is 0. The molecular weight excluding hydrogens is 328 g/mol. The lowest BCUT2D eigenvalue weighted by molar-refractivity contribution is -0.182. The summed E-state index contributed by atoms with van der Waals surface area (Å²) in [5, 5.41) is 0. The number of esters is 2. The summed E-state index contributed by atoms with van der Waals surface area (Å²) in [6.45, 7) is 0. The van der Waals surface area contributed by atoms with Crippen molar-refractivity contribution in [3.63, 3.8) is 0 Å². The summed E-state index contributed by atoms with van der Waals surface area (Å²) in [7, 11) is 0. The van der Waals surface area contributed by atoms with E-state index in [0.717, 1.165) is 70.6 Å². The summed E-state index contributed by atoms with van der Waals surface area (Å²) >= 11 is 0. The zero-order chi connectivity index (χ0) is 18.2. The molecule has 3 fully saturated rings. The van der Waals surface area contributed by atoms with Crippen molar-refractivity contribution < 1.29 is 19.1 Å². The Bertz CT molecular complexity index is 415. The fraction of sp³-hybridized carbons (Fsp3) is 0.909. The van der Waals surface area contributed by atoms with Gasteiger partial charge in [0.25, 0.3) is 0 Å². The Hall–Kier alpha value is -1.06. The molecule has 0 N–H and O–H groups in total. The molecular formula is C22H36O4. The van der Waals surface area contributed by atoms with Crippen LogP contribution in [0.1, 0.15) is 109 Å². The van der Waals surface area contributed by atoms with Gasteiger partial charge in [-0.1, -0.05) is 44.9 Å². The fourth-order valence-electron chi connectivity index (χ4n) is 4.89. The van der Waals surface area contributed by atoms with Gasteiger partial charge in [0.05, 0.1) is 0 Å². The van der Waals surface area contributed by atoms with Gasteiger partial charge in [0.2, 0.25) is 0 Å². The third-order valence-corrected chi connectivity index (χ3v) is 6.64. The average molecular weight is 365 g/mol. The monoisotopic (exact) mass is 364 g/mol. The maximum absolute atomic E-state index is 13.1. The molecule has 0 atom stereocenters. The number of hydrogen-bond donors (Lipinski definition) is 0. The van der Waals surface area contributed by atoms with Crippen LogP contribution < -0.4 is 0 Å². The van der Waals surface area contributed by atoms with Crippen LogP contribution in [0, 0.1) is 5.41 Å². The van der Waals surface area contributed by atoms with Gasteiger partial charge < -0.3 is 9.47 Å².